The fraction of sp³-hybridized carbons (Fsp3) is 0. The van der Waals surface area contributed by atoms with Gasteiger partial charge in [-0.2, -0.15) is 0 Å². The molecule has 0 atom stereocenters. The molecule has 0 unspecified atom stereocenters. The molecule has 9 heteroatoms. The Bertz CT molecular complexity index is 1310. The minimum atomic E-state index is 0.0100. The van der Waals surface area contributed by atoms with Crippen LogP contribution in [0.15, 0.2) is 48.7 Å². The average Bonchev–Trinajstić information content (AvgIpc) is 3.42. The lowest BCUT2D eigenvalue weighted by Gasteiger charge is -1.98. The molecule has 2 aromatic carbocycles. The third kappa shape index (κ3) is 2.72. The van der Waals surface area contributed by atoms with Crippen LogP contribution in [0.1, 0.15) is 11.1 Å². The predicted molar refractivity (Wildman–Crippen MR) is 113 cm³/mol. The Labute approximate surface area is 164 Å². The van der Waals surface area contributed by atoms with Gasteiger partial charge in [0.25, 0.3) is 0 Å². The Kier molecular flexibility index (Phi) is 3.50. The fourth-order valence-corrected chi connectivity index (χ4v) is 3.36. The molecule has 142 valence electrons. The first-order chi connectivity index (χ1) is 14.0. The van der Waals surface area contributed by atoms with Crippen molar-refractivity contribution >= 4 is 33.7 Å². The number of rotatable bonds is 4. The van der Waals surface area contributed by atoms with Gasteiger partial charge in [0.05, 0.1) is 27.8 Å². The molecule has 0 amide bonds. The summed E-state index contributed by atoms with van der Waals surface area (Å²) < 4.78 is 0. The molecule has 0 radical (unpaired) electrons. The smallest absolute Gasteiger partial charge is 0.155 e. The number of nitrogens with zero attached hydrogens (tertiary/aromatic N) is 2. The second-order valence-corrected chi connectivity index (χ2v) is 6.73. The number of H-pyrrole nitrogens is 3. The fourth-order valence-electron chi connectivity index (χ4n) is 3.36. The summed E-state index contributed by atoms with van der Waals surface area (Å²) in [5.74, 6) is 1.36. The number of hydrogen-bond donors (Lipinski definition) is 7. The molecule has 0 aliphatic heterocycles. The van der Waals surface area contributed by atoms with Crippen molar-refractivity contribution in [2.24, 2.45) is 11.5 Å². The van der Waals surface area contributed by atoms with Crippen LogP contribution in [0.25, 0.3) is 45.0 Å². The zero-order chi connectivity index (χ0) is 20.1. The SMILES string of the molecule is N=C(N)c1ccc2nc(-c3cc[nH]c3-c3nc4ccc(C(=N)N)cc4[nH]3)[nH]c2c1. The number of nitrogen functional groups attached to an aromatic ring is 2. The first kappa shape index (κ1) is 16.8. The molecule has 29 heavy (non-hydrogen) atoms. The monoisotopic (exact) mass is 383 g/mol. The van der Waals surface area contributed by atoms with Gasteiger partial charge < -0.3 is 26.4 Å². The van der Waals surface area contributed by atoms with Gasteiger partial charge in [0, 0.05) is 22.9 Å². The molecular formula is C20H17N9. The van der Waals surface area contributed by atoms with E-state index in [1.807, 2.05) is 30.5 Å². The van der Waals surface area contributed by atoms with Crippen molar-refractivity contribution < 1.29 is 0 Å². The predicted octanol–water partition coefficient (Wildman–Crippen LogP) is 2.67. The zero-order valence-corrected chi connectivity index (χ0v) is 15.2. The normalized spacial score (nSPS) is 11.3. The Balaban J connectivity index is 1.61. The maximum atomic E-state index is 7.60. The van der Waals surface area contributed by atoms with Gasteiger partial charge in [0.1, 0.15) is 17.5 Å². The second kappa shape index (κ2) is 6.06. The summed E-state index contributed by atoms with van der Waals surface area (Å²) in [4.78, 5) is 19.1. The highest BCUT2D eigenvalue weighted by Crippen LogP contribution is 2.30. The number of aromatic nitrogens is 5. The van der Waals surface area contributed by atoms with Crippen LogP contribution < -0.4 is 11.5 Å². The van der Waals surface area contributed by atoms with Gasteiger partial charge in [-0.25, -0.2) is 9.97 Å². The van der Waals surface area contributed by atoms with E-state index in [2.05, 4.69) is 24.9 Å². The van der Waals surface area contributed by atoms with Gasteiger partial charge in [0.2, 0.25) is 0 Å². The number of imidazole rings is 2. The lowest BCUT2D eigenvalue weighted by Crippen LogP contribution is -2.10. The van der Waals surface area contributed by atoms with Gasteiger partial charge in [0.15, 0.2) is 5.82 Å². The van der Waals surface area contributed by atoms with Gasteiger partial charge in [-0.3, -0.25) is 10.8 Å². The van der Waals surface area contributed by atoms with E-state index in [4.69, 9.17) is 22.3 Å². The van der Waals surface area contributed by atoms with E-state index in [-0.39, 0.29) is 11.7 Å². The molecule has 0 aliphatic rings. The highest BCUT2D eigenvalue weighted by molar-refractivity contribution is 5.99. The number of hydrogen-bond acceptors (Lipinski definition) is 4. The van der Waals surface area contributed by atoms with Crippen LogP contribution in [0.3, 0.4) is 0 Å². The standard InChI is InChI=1S/C20H17N9/c21-17(22)9-1-3-12-14(7-9)28-19(26-12)11-5-6-25-16(11)20-27-13-4-2-10(18(23)24)8-15(13)29-20/h1-8,25H,(H3,21,22)(H3,23,24)(H,26,28)(H,27,29). The van der Waals surface area contributed by atoms with Gasteiger partial charge >= 0.3 is 0 Å². The van der Waals surface area contributed by atoms with Crippen LogP contribution >= 0.6 is 0 Å². The van der Waals surface area contributed by atoms with E-state index in [9.17, 15) is 0 Å². The molecule has 0 aliphatic carbocycles. The lowest BCUT2D eigenvalue weighted by atomic mass is 10.2. The average molecular weight is 383 g/mol. The Morgan fingerprint density at radius 1 is 0.759 bits per heavy atom. The molecule has 0 spiro atoms. The number of amidine groups is 2. The van der Waals surface area contributed by atoms with Crippen LogP contribution in [-0.4, -0.2) is 36.6 Å². The first-order valence-corrected chi connectivity index (χ1v) is 8.86. The third-order valence-electron chi connectivity index (χ3n) is 4.82. The number of aromatic amines is 3. The van der Waals surface area contributed by atoms with Crippen LogP contribution in [0.2, 0.25) is 0 Å². The van der Waals surface area contributed by atoms with E-state index in [1.54, 1.807) is 18.2 Å². The van der Waals surface area contributed by atoms with Gasteiger partial charge in [-0.1, -0.05) is 0 Å². The summed E-state index contributed by atoms with van der Waals surface area (Å²) in [5, 5.41) is 15.2. The molecule has 3 aromatic heterocycles. The van der Waals surface area contributed by atoms with Crippen molar-refractivity contribution in [3.63, 3.8) is 0 Å². The van der Waals surface area contributed by atoms with E-state index < -0.39 is 0 Å². The number of fused-ring (bicyclic) bond motifs is 2. The lowest BCUT2D eigenvalue weighted by molar-refractivity contribution is 1.26. The Morgan fingerprint density at radius 3 is 1.90 bits per heavy atom. The molecule has 5 aromatic rings. The molecular weight excluding hydrogens is 366 g/mol. The van der Waals surface area contributed by atoms with Gasteiger partial charge in [-0.05, 0) is 42.5 Å². The summed E-state index contributed by atoms with van der Waals surface area (Å²) in [5.41, 5.74) is 17.2. The third-order valence-corrected chi connectivity index (χ3v) is 4.82. The first-order valence-electron chi connectivity index (χ1n) is 8.86. The van der Waals surface area contributed by atoms with Crippen LogP contribution in [0, 0.1) is 10.8 Å². The quantitative estimate of drug-likeness (QED) is 0.187. The maximum absolute atomic E-state index is 7.60. The maximum Gasteiger partial charge on any atom is 0.155 e. The summed E-state index contributed by atoms with van der Waals surface area (Å²) in [6, 6.07) is 12.8. The largest absolute Gasteiger partial charge is 0.384 e. The minimum Gasteiger partial charge on any atom is -0.384 e. The second-order valence-electron chi connectivity index (χ2n) is 6.73. The van der Waals surface area contributed by atoms with E-state index in [0.29, 0.717) is 22.8 Å². The summed E-state index contributed by atoms with van der Waals surface area (Å²) in [6.45, 7) is 0. The summed E-state index contributed by atoms with van der Waals surface area (Å²) >= 11 is 0. The van der Waals surface area contributed by atoms with E-state index >= 15 is 0 Å². The van der Waals surface area contributed by atoms with Crippen molar-refractivity contribution in [3.05, 3.63) is 59.8 Å². The molecule has 3 heterocycles. The summed E-state index contributed by atoms with van der Waals surface area (Å²) in [7, 11) is 0. The van der Waals surface area contributed by atoms with E-state index in [0.717, 1.165) is 33.3 Å². The molecule has 0 bridgehead atoms. The Morgan fingerprint density at radius 2 is 1.31 bits per heavy atom. The highest BCUT2D eigenvalue weighted by atomic mass is 15.0. The molecule has 9 nitrogen and oxygen atoms in total. The molecule has 0 saturated carbocycles. The molecule has 9 N–H and O–H groups in total. The van der Waals surface area contributed by atoms with Crippen LogP contribution in [0.4, 0.5) is 0 Å². The van der Waals surface area contributed by atoms with Crippen molar-refractivity contribution in [1.29, 1.82) is 10.8 Å². The van der Waals surface area contributed by atoms with Gasteiger partial charge in [-0.15, -0.1) is 0 Å². The van der Waals surface area contributed by atoms with Crippen molar-refractivity contribution in [3.8, 4) is 22.9 Å². The van der Waals surface area contributed by atoms with Crippen molar-refractivity contribution in [2.45, 2.75) is 0 Å². The molecule has 0 fully saturated rings. The number of nitrogens with two attached hydrogens (primary N) is 2. The van der Waals surface area contributed by atoms with Crippen LogP contribution in [0.5, 0.6) is 0 Å². The molecule has 5 rings (SSSR count). The zero-order valence-electron chi connectivity index (χ0n) is 15.2. The topological polar surface area (TPSA) is 173 Å². The van der Waals surface area contributed by atoms with Crippen LogP contribution in [-0.2, 0) is 0 Å². The Hall–Kier alpha value is -4.40. The summed E-state index contributed by atoms with van der Waals surface area (Å²) in [6.07, 6.45) is 1.83. The number of benzene rings is 2. The number of nitrogens with one attached hydrogen (secondary N) is 5. The van der Waals surface area contributed by atoms with Crippen molar-refractivity contribution in [2.75, 3.05) is 0 Å². The van der Waals surface area contributed by atoms with E-state index in [1.165, 1.54) is 0 Å². The highest BCUT2D eigenvalue weighted by Gasteiger charge is 2.16. The minimum absolute atomic E-state index is 0.0100. The molecule has 0 saturated heterocycles. The van der Waals surface area contributed by atoms with Crippen molar-refractivity contribution in [1.82, 2.24) is 24.9 Å².